The topological polar surface area (TPSA) is 101 Å². The Hall–Kier alpha value is -2.67. The van der Waals surface area contributed by atoms with Gasteiger partial charge in [0.25, 0.3) is 0 Å². The second kappa shape index (κ2) is 8.43. The first kappa shape index (κ1) is 18.7. The molecule has 0 spiro atoms. The van der Waals surface area contributed by atoms with Gasteiger partial charge in [-0.15, -0.1) is 0 Å². The van der Waals surface area contributed by atoms with Crippen molar-refractivity contribution >= 4 is 39.3 Å². The van der Waals surface area contributed by atoms with Crippen LogP contribution in [0.2, 0.25) is 0 Å². The van der Waals surface area contributed by atoms with Crippen molar-refractivity contribution in [1.82, 2.24) is 5.32 Å². The van der Waals surface area contributed by atoms with Crippen LogP contribution in [0.15, 0.2) is 53.0 Å². The summed E-state index contributed by atoms with van der Waals surface area (Å²) in [6.07, 6.45) is 0.00880. The zero-order valence-electron chi connectivity index (χ0n) is 13.6. The van der Waals surface area contributed by atoms with Gasteiger partial charge in [-0.25, -0.2) is 4.79 Å². The van der Waals surface area contributed by atoms with Crippen LogP contribution in [0.5, 0.6) is 0 Å². The molecule has 0 aromatic heterocycles. The van der Waals surface area contributed by atoms with Crippen molar-refractivity contribution in [3.05, 3.63) is 64.1 Å². The first-order chi connectivity index (χ1) is 11.8. The van der Waals surface area contributed by atoms with Gasteiger partial charge in [0.2, 0.25) is 5.91 Å². The van der Waals surface area contributed by atoms with Crippen molar-refractivity contribution < 1.29 is 14.4 Å². The van der Waals surface area contributed by atoms with Crippen LogP contribution in [0, 0.1) is 0 Å². The Bertz CT molecular complexity index is 790. The number of nitrogens with two attached hydrogens (primary N) is 1. The van der Waals surface area contributed by atoms with E-state index in [1.165, 1.54) is 6.92 Å². The predicted octanol–water partition coefficient (Wildman–Crippen LogP) is 3.39. The van der Waals surface area contributed by atoms with Gasteiger partial charge < -0.3 is 16.4 Å². The molecule has 6 nitrogen and oxygen atoms in total. The molecule has 0 heterocycles. The molecule has 0 saturated heterocycles. The number of Topliss-reactive ketones (excluding diaryl/α,β-unsaturated/α-hetero) is 1. The van der Waals surface area contributed by atoms with Crippen LogP contribution in [0.4, 0.5) is 10.5 Å². The van der Waals surface area contributed by atoms with Crippen molar-refractivity contribution in [3.63, 3.8) is 0 Å². The molecule has 0 radical (unpaired) electrons. The summed E-state index contributed by atoms with van der Waals surface area (Å²) in [6.45, 7) is 1.46. The zero-order chi connectivity index (χ0) is 18.4. The first-order valence-corrected chi connectivity index (χ1v) is 8.36. The molecule has 0 unspecified atom stereocenters. The third kappa shape index (κ3) is 5.72. The summed E-state index contributed by atoms with van der Waals surface area (Å²) in [5.74, 6) is -0.387. The van der Waals surface area contributed by atoms with Gasteiger partial charge in [0.1, 0.15) is 0 Å². The SMILES string of the molecule is CC(=O)c1cccc(NC(=O)C[C@@H](NC(N)=O)c2ccc(Br)cc2)c1. The Kier molecular flexibility index (Phi) is 6.30. The summed E-state index contributed by atoms with van der Waals surface area (Å²) >= 11 is 3.34. The number of ketones is 1. The Morgan fingerprint density at radius 3 is 2.40 bits per heavy atom. The molecule has 0 aliphatic carbocycles. The number of halogens is 1. The van der Waals surface area contributed by atoms with Crippen molar-refractivity contribution in [2.75, 3.05) is 5.32 Å². The number of carbonyl (C=O) groups is 3. The molecular weight excluding hydrogens is 386 g/mol. The average Bonchev–Trinajstić information content (AvgIpc) is 2.54. The molecule has 4 N–H and O–H groups in total. The molecule has 0 aliphatic heterocycles. The van der Waals surface area contributed by atoms with E-state index in [9.17, 15) is 14.4 Å². The number of primary amides is 1. The summed E-state index contributed by atoms with van der Waals surface area (Å²) in [7, 11) is 0. The predicted molar refractivity (Wildman–Crippen MR) is 99.3 cm³/mol. The summed E-state index contributed by atoms with van der Waals surface area (Å²) < 4.78 is 0.888. The zero-order valence-corrected chi connectivity index (χ0v) is 15.2. The molecule has 2 rings (SSSR count). The third-order valence-corrected chi connectivity index (χ3v) is 4.06. The fourth-order valence-corrected chi connectivity index (χ4v) is 2.60. The molecule has 2 aromatic rings. The Labute approximate surface area is 153 Å². The van der Waals surface area contributed by atoms with E-state index in [-0.39, 0.29) is 18.1 Å². The van der Waals surface area contributed by atoms with Crippen LogP contribution in [-0.2, 0) is 4.79 Å². The van der Waals surface area contributed by atoms with Crippen molar-refractivity contribution in [1.29, 1.82) is 0 Å². The minimum absolute atomic E-state index is 0.00880. The molecule has 0 bridgehead atoms. The van der Waals surface area contributed by atoms with Crippen LogP contribution >= 0.6 is 15.9 Å². The van der Waals surface area contributed by atoms with E-state index in [1.807, 2.05) is 12.1 Å². The number of carbonyl (C=O) groups excluding carboxylic acids is 3. The molecule has 25 heavy (non-hydrogen) atoms. The maximum absolute atomic E-state index is 12.3. The highest BCUT2D eigenvalue weighted by molar-refractivity contribution is 9.10. The number of hydrogen-bond donors (Lipinski definition) is 3. The van der Waals surface area contributed by atoms with Gasteiger partial charge in [0, 0.05) is 15.7 Å². The summed E-state index contributed by atoms with van der Waals surface area (Å²) in [5.41, 5.74) is 7.00. The molecule has 0 aliphatic rings. The smallest absolute Gasteiger partial charge is 0.312 e. The number of hydrogen-bond acceptors (Lipinski definition) is 3. The molecular formula is C18H18BrN3O3. The Balaban J connectivity index is 2.11. The highest BCUT2D eigenvalue weighted by Crippen LogP contribution is 2.21. The molecule has 130 valence electrons. The van der Waals surface area contributed by atoms with Gasteiger partial charge in [-0.2, -0.15) is 0 Å². The Morgan fingerprint density at radius 2 is 1.80 bits per heavy atom. The molecule has 3 amide bonds. The van der Waals surface area contributed by atoms with Crippen LogP contribution in [-0.4, -0.2) is 17.7 Å². The lowest BCUT2D eigenvalue weighted by atomic mass is 10.0. The van der Waals surface area contributed by atoms with Gasteiger partial charge in [0.15, 0.2) is 5.78 Å². The minimum Gasteiger partial charge on any atom is -0.352 e. The largest absolute Gasteiger partial charge is 0.352 e. The number of benzene rings is 2. The monoisotopic (exact) mass is 403 g/mol. The molecule has 2 aromatic carbocycles. The van der Waals surface area contributed by atoms with Crippen molar-refractivity contribution in [2.24, 2.45) is 5.73 Å². The van der Waals surface area contributed by atoms with E-state index < -0.39 is 12.1 Å². The number of nitrogens with one attached hydrogen (secondary N) is 2. The number of anilines is 1. The molecule has 7 heteroatoms. The highest BCUT2D eigenvalue weighted by Gasteiger charge is 2.18. The highest BCUT2D eigenvalue weighted by atomic mass is 79.9. The number of rotatable bonds is 6. The van der Waals surface area contributed by atoms with Gasteiger partial charge in [-0.3, -0.25) is 9.59 Å². The lowest BCUT2D eigenvalue weighted by Crippen LogP contribution is -2.35. The van der Waals surface area contributed by atoms with Crippen LogP contribution in [0.1, 0.15) is 35.3 Å². The first-order valence-electron chi connectivity index (χ1n) is 7.57. The lowest BCUT2D eigenvalue weighted by molar-refractivity contribution is -0.116. The maximum Gasteiger partial charge on any atom is 0.312 e. The van der Waals surface area contributed by atoms with Crippen LogP contribution < -0.4 is 16.4 Å². The quantitative estimate of drug-likeness (QED) is 0.644. The van der Waals surface area contributed by atoms with Gasteiger partial charge in [-0.05, 0) is 36.8 Å². The second-order valence-electron chi connectivity index (χ2n) is 5.50. The summed E-state index contributed by atoms with van der Waals surface area (Å²) in [4.78, 5) is 35.0. The normalized spacial score (nSPS) is 11.4. The Morgan fingerprint density at radius 1 is 1.12 bits per heavy atom. The van der Waals surface area contributed by atoms with Gasteiger partial charge in [-0.1, -0.05) is 40.2 Å². The lowest BCUT2D eigenvalue weighted by Gasteiger charge is -2.18. The van der Waals surface area contributed by atoms with E-state index in [2.05, 4.69) is 26.6 Å². The molecule has 0 fully saturated rings. The average molecular weight is 404 g/mol. The van der Waals surface area contributed by atoms with E-state index in [1.54, 1.807) is 36.4 Å². The van der Waals surface area contributed by atoms with E-state index in [0.29, 0.717) is 11.3 Å². The van der Waals surface area contributed by atoms with E-state index >= 15 is 0 Å². The van der Waals surface area contributed by atoms with E-state index in [4.69, 9.17) is 5.73 Å². The number of amides is 3. The second-order valence-corrected chi connectivity index (χ2v) is 6.42. The standard InChI is InChI=1S/C18H18BrN3O3/c1-11(23)13-3-2-4-15(9-13)21-17(24)10-16(22-18(20)25)12-5-7-14(19)8-6-12/h2-9,16H,10H2,1H3,(H,21,24)(H3,20,22,25)/t16-/m1/s1. The minimum atomic E-state index is -0.709. The summed E-state index contributed by atoms with van der Waals surface area (Å²) in [5, 5.41) is 5.30. The fourth-order valence-electron chi connectivity index (χ4n) is 2.33. The van der Waals surface area contributed by atoms with Crippen molar-refractivity contribution in [2.45, 2.75) is 19.4 Å². The molecule has 1 atom stereocenters. The number of urea groups is 1. The van der Waals surface area contributed by atoms with Crippen LogP contribution in [0.3, 0.4) is 0 Å². The van der Waals surface area contributed by atoms with Crippen LogP contribution in [0.25, 0.3) is 0 Å². The third-order valence-electron chi connectivity index (χ3n) is 3.53. The molecule has 0 saturated carbocycles. The summed E-state index contributed by atoms with van der Waals surface area (Å²) in [6, 6.07) is 12.6. The van der Waals surface area contributed by atoms with Crippen molar-refractivity contribution in [3.8, 4) is 0 Å². The maximum atomic E-state index is 12.3. The van der Waals surface area contributed by atoms with E-state index in [0.717, 1.165) is 10.0 Å². The van der Waals surface area contributed by atoms with Gasteiger partial charge in [0.05, 0.1) is 12.5 Å². The van der Waals surface area contributed by atoms with Gasteiger partial charge >= 0.3 is 6.03 Å². The fraction of sp³-hybridized carbons (Fsp3) is 0.167.